The fourth-order valence-electron chi connectivity index (χ4n) is 9.14. The molecule has 0 heterocycles. The molecule has 0 rings (SSSR count). The van der Waals surface area contributed by atoms with Crippen LogP contribution in [0.4, 0.5) is 0 Å². The quantitative estimate of drug-likeness (QED) is 0.0261. The molecule has 0 aromatic heterocycles. The number of allylic oxidation sites excluding steroid dienone is 22. The largest absolute Gasteiger partial charge is 0.462 e. The summed E-state index contributed by atoms with van der Waals surface area (Å²) in [5.74, 6) is -0.952. The second-order valence-corrected chi connectivity index (χ2v) is 22.0. The highest BCUT2D eigenvalue weighted by atomic mass is 16.6. The summed E-state index contributed by atoms with van der Waals surface area (Å²) in [6, 6.07) is 0. The van der Waals surface area contributed by atoms with Gasteiger partial charge in [0, 0.05) is 19.3 Å². The smallest absolute Gasteiger partial charge is 0.306 e. The van der Waals surface area contributed by atoms with E-state index in [9.17, 15) is 14.4 Å². The second kappa shape index (κ2) is 68.1. The lowest BCUT2D eigenvalue weighted by molar-refractivity contribution is -0.167. The Balaban J connectivity index is 4.44. The van der Waals surface area contributed by atoms with Crippen molar-refractivity contribution < 1.29 is 28.6 Å². The van der Waals surface area contributed by atoms with Crippen molar-refractivity contribution in [2.24, 2.45) is 0 Å². The van der Waals surface area contributed by atoms with Gasteiger partial charge in [0.15, 0.2) is 6.10 Å². The zero-order valence-electron chi connectivity index (χ0n) is 52.8. The highest BCUT2D eigenvalue weighted by Crippen LogP contribution is 2.16. The van der Waals surface area contributed by atoms with Gasteiger partial charge < -0.3 is 14.2 Å². The lowest BCUT2D eigenvalue weighted by Gasteiger charge is -2.18. The molecule has 6 nitrogen and oxygen atoms in total. The number of carbonyl (C=O) groups excluding carboxylic acids is 3. The highest BCUT2D eigenvalue weighted by molar-refractivity contribution is 5.71. The van der Waals surface area contributed by atoms with Crippen LogP contribution in [0.2, 0.25) is 0 Å². The first-order valence-corrected chi connectivity index (χ1v) is 33.7. The van der Waals surface area contributed by atoms with Crippen LogP contribution in [0.15, 0.2) is 134 Å². The Kier molecular flexibility index (Phi) is 64.3. The number of carbonyl (C=O) groups is 3. The molecule has 6 heteroatoms. The first-order chi connectivity index (χ1) is 40.0. The number of esters is 3. The Hall–Kier alpha value is -4.45. The molecule has 0 spiro atoms. The Labute approximate surface area is 500 Å². The summed E-state index contributed by atoms with van der Waals surface area (Å²) < 4.78 is 16.9. The summed E-state index contributed by atoms with van der Waals surface area (Å²) in [7, 11) is 0. The van der Waals surface area contributed by atoms with Crippen molar-refractivity contribution in [1.29, 1.82) is 0 Å². The molecule has 0 radical (unpaired) electrons. The van der Waals surface area contributed by atoms with Crippen molar-refractivity contribution in [1.82, 2.24) is 0 Å². The maximum absolute atomic E-state index is 12.9. The summed E-state index contributed by atoms with van der Waals surface area (Å²) in [5, 5.41) is 0. The minimum absolute atomic E-state index is 0.102. The number of unbranched alkanes of at least 4 members (excludes halogenated alkanes) is 27. The third-order valence-corrected chi connectivity index (χ3v) is 14.1. The van der Waals surface area contributed by atoms with E-state index in [1.165, 1.54) is 135 Å². The predicted octanol–water partition coefficient (Wildman–Crippen LogP) is 23.3. The van der Waals surface area contributed by atoms with E-state index in [0.717, 1.165) is 122 Å². The molecular formula is C75H124O6. The fraction of sp³-hybridized carbons (Fsp3) is 0.667. The van der Waals surface area contributed by atoms with Gasteiger partial charge in [0.1, 0.15) is 13.2 Å². The molecule has 460 valence electrons. The molecule has 1 unspecified atom stereocenters. The van der Waals surface area contributed by atoms with Crippen molar-refractivity contribution >= 4 is 17.9 Å². The summed E-state index contributed by atoms with van der Waals surface area (Å²) in [6.45, 7) is 6.38. The standard InChI is InChI=1S/C75H124O6/c1-4-7-10-13-16-19-22-25-28-31-33-35-36-37-38-40-41-44-47-50-53-56-59-62-65-68-74(77)80-71-72(70-79-73(76)67-64-61-58-55-52-49-46-43-30-27-24-21-18-15-12-9-6-3)81-75(78)69-66-63-60-57-54-51-48-45-42-39-34-32-29-26-23-20-17-14-11-8-5-2/h8-9,11-12,17-18,20-22,25-27,29-31,33-34,39,45,48,54,57,72H,4-7,10,13-16,19,23-24,28,32,35-38,40-44,46-47,49-53,55-56,58-71H2,1-3H3/b11-8-,12-9-,20-17-,21-18-,25-22-,29-26-,30-27-,33-31-,39-34-,48-45-,57-54-. The number of hydrogen-bond acceptors (Lipinski definition) is 6. The Bertz CT molecular complexity index is 1720. The van der Waals surface area contributed by atoms with Gasteiger partial charge in [-0.15, -0.1) is 0 Å². The van der Waals surface area contributed by atoms with Crippen LogP contribution in [-0.2, 0) is 28.6 Å². The molecule has 0 aromatic carbocycles. The molecule has 0 aromatic rings. The SMILES string of the molecule is CC/C=C\C/C=C\C/C=C\C/C=C\C/C=C\C/C=C\CCCCC(=O)OC(COC(=O)CCCCCCCCC/C=C\C/C=C\C/C=C\CC)COC(=O)CCCCCCCCCCCCCCC/C=C\C/C=C\CCCCCCC. The van der Waals surface area contributed by atoms with Crippen molar-refractivity contribution in [2.45, 2.75) is 309 Å². The van der Waals surface area contributed by atoms with Crippen LogP contribution in [0.25, 0.3) is 0 Å². The minimum Gasteiger partial charge on any atom is -0.462 e. The van der Waals surface area contributed by atoms with Gasteiger partial charge in [0.2, 0.25) is 0 Å². The maximum Gasteiger partial charge on any atom is 0.306 e. The van der Waals surface area contributed by atoms with E-state index in [2.05, 4.69) is 154 Å². The first kappa shape index (κ1) is 76.5. The van der Waals surface area contributed by atoms with Gasteiger partial charge in [-0.3, -0.25) is 14.4 Å². The number of rotatable bonds is 60. The topological polar surface area (TPSA) is 78.9 Å². The maximum atomic E-state index is 12.9. The molecule has 0 amide bonds. The second-order valence-electron chi connectivity index (χ2n) is 22.0. The van der Waals surface area contributed by atoms with E-state index in [0.29, 0.717) is 19.3 Å². The number of ether oxygens (including phenoxy) is 3. The Morgan fingerprint density at radius 3 is 0.778 bits per heavy atom. The molecular weight excluding hydrogens is 997 g/mol. The summed E-state index contributed by atoms with van der Waals surface area (Å²) in [5.41, 5.74) is 0. The van der Waals surface area contributed by atoms with E-state index in [1.807, 2.05) is 0 Å². The van der Waals surface area contributed by atoms with Gasteiger partial charge >= 0.3 is 17.9 Å². The van der Waals surface area contributed by atoms with E-state index in [-0.39, 0.29) is 37.5 Å². The summed E-state index contributed by atoms with van der Waals surface area (Å²) >= 11 is 0. The molecule has 0 fully saturated rings. The van der Waals surface area contributed by atoms with Crippen molar-refractivity contribution in [3.8, 4) is 0 Å². The molecule has 0 bridgehead atoms. The van der Waals surface area contributed by atoms with Crippen molar-refractivity contribution in [2.75, 3.05) is 13.2 Å². The molecule has 0 saturated heterocycles. The predicted molar refractivity (Wildman–Crippen MR) is 353 cm³/mol. The third-order valence-electron chi connectivity index (χ3n) is 14.1. The molecule has 0 saturated carbocycles. The van der Waals surface area contributed by atoms with Gasteiger partial charge in [0.05, 0.1) is 0 Å². The molecule has 0 aliphatic carbocycles. The normalized spacial score (nSPS) is 13.0. The van der Waals surface area contributed by atoms with Crippen LogP contribution in [0.1, 0.15) is 303 Å². The van der Waals surface area contributed by atoms with Crippen molar-refractivity contribution in [3.05, 3.63) is 134 Å². The van der Waals surface area contributed by atoms with Gasteiger partial charge in [-0.05, 0) is 135 Å². The Morgan fingerprint density at radius 2 is 0.481 bits per heavy atom. The average molecular weight is 1120 g/mol. The third kappa shape index (κ3) is 66.2. The van der Waals surface area contributed by atoms with Gasteiger partial charge in [-0.2, -0.15) is 0 Å². The lowest BCUT2D eigenvalue weighted by atomic mass is 10.0. The van der Waals surface area contributed by atoms with Crippen LogP contribution >= 0.6 is 0 Å². The lowest BCUT2D eigenvalue weighted by Crippen LogP contribution is -2.30. The Morgan fingerprint density at radius 1 is 0.259 bits per heavy atom. The molecule has 81 heavy (non-hydrogen) atoms. The molecule has 0 N–H and O–H groups in total. The van der Waals surface area contributed by atoms with Crippen LogP contribution < -0.4 is 0 Å². The van der Waals surface area contributed by atoms with Crippen LogP contribution in [0, 0.1) is 0 Å². The average Bonchev–Trinajstić information content (AvgIpc) is 3.47. The summed E-state index contributed by atoms with van der Waals surface area (Å²) in [4.78, 5) is 38.4. The van der Waals surface area contributed by atoms with Crippen molar-refractivity contribution in [3.63, 3.8) is 0 Å². The molecule has 0 aliphatic rings. The van der Waals surface area contributed by atoms with Gasteiger partial charge in [0.25, 0.3) is 0 Å². The van der Waals surface area contributed by atoms with E-state index < -0.39 is 6.10 Å². The summed E-state index contributed by atoms with van der Waals surface area (Å²) in [6.07, 6.45) is 96.1. The zero-order chi connectivity index (χ0) is 58.5. The number of hydrogen-bond donors (Lipinski definition) is 0. The first-order valence-electron chi connectivity index (χ1n) is 33.7. The fourth-order valence-corrected chi connectivity index (χ4v) is 9.14. The molecule has 0 aliphatic heterocycles. The highest BCUT2D eigenvalue weighted by Gasteiger charge is 2.19. The molecule has 1 atom stereocenters. The van der Waals surface area contributed by atoms with Gasteiger partial charge in [-0.1, -0.05) is 283 Å². The van der Waals surface area contributed by atoms with Crippen LogP contribution in [-0.4, -0.2) is 37.2 Å². The van der Waals surface area contributed by atoms with Crippen LogP contribution in [0.5, 0.6) is 0 Å². The van der Waals surface area contributed by atoms with E-state index in [1.54, 1.807) is 0 Å². The van der Waals surface area contributed by atoms with Crippen LogP contribution in [0.3, 0.4) is 0 Å². The monoisotopic (exact) mass is 1120 g/mol. The van der Waals surface area contributed by atoms with E-state index in [4.69, 9.17) is 14.2 Å². The zero-order valence-corrected chi connectivity index (χ0v) is 52.8. The van der Waals surface area contributed by atoms with E-state index >= 15 is 0 Å². The van der Waals surface area contributed by atoms with Gasteiger partial charge in [-0.25, -0.2) is 0 Å². The minimum atomic E-state index is -0.812.